The van der Waals surface area contributed by atoms with E-state index in [1.165, 1.54) is 31.1 Å². The van der Waals surface area contributed by atoms with Crippen molar-refractivity contribution in [3.63, 3.8) is 0 Å². The topological polar surface area (TPSA) is 243 Å². The maximum absolute atomic E-state index is 14.2. The van der Waals surface area contributed by atoms with Gasteiger partial charge in [0.25, 0.3) is 0 Å². The summed E-state index contributed by atoms with van der Waals surface area (Å²) < 4.78 is 5.40. The van der Waals surface area contributed by atoms with Gasteiger partial charge < -0.3 is 31.1 Å². The Kier molecular flexibility index (Phi) is 8.55. The number of nitrogens with two attached hydrogens (primary N) is 1. The van der Waals surface area contributed by atoms with Crippen LogP contribution < -0.4 is 16.4 Å². The van der Waals surface area contributed by atoms with Crippen molar-refractivity contribution in [2.45, 2.75) is 36.5 Å². The number of nitrogens with zero attached hydrogens (tertiary/aromatic N) is 1. The predicted molar refractivity (Wildman–Crippen MR) is 185 cm³/mol. The summed E-state index contributed by atoms with van der Waals surface area (Å²) in [6.45, 7) is 1.48. The molecule has 0 aromatic heterocycles. The first-order valence-corrected chi connectivity index (χ1v) is 16.9. The number of carbonyl (C=O) groups is 7. The number of imide groups is 1. The number of benzene rings is 3. The van der Waals surface area contributed by atoms with Crippen LogP contribution >= 0.6 is 0 Å². The number of anilines is 1. The van der Waals surface area contributed by atoms with Gasteiger partial charge in [-0.25, -0.2) is 14.9 Å². The number of aliphatic hydroxyl groups excluding tert-OH is 1. The van der Waals surface area contributed by atoms with Crippen molar-refractivity contribution in [1.82, 2.24) is 10.2 Å². The van der Waals surface area contributed by atoms with Gasteiger partial charge in [0, 0.05) is 11.8 Å². The summed E-state index contributed by atoms with van der Waals surface area (Å²) in [7, 11) is 2.81. The van der Waals surface area contributed by atoms with E-state index in [0.717, 1.165) is 22.3 Å². The third-order valence-electron chi connectivity index (χ3n) is 11.3. The predicted octanol–water partition coefficient (Wildman–Crippen LogP) is 1.47. The normalized spacial score (nSPS) is 28.7. The number of phenols is 1. The quantitative estimate of drug-likeness (QED) is 0.162. The van der Waals surface area contributed by atoms with Crippen LogP contribution in [-0.4, -0.2) is 99.8 Å². The van der Waals surface area contributed by atoms with Crippen LogP contribution in [0.15, 0.2) is 60.7 Å². The van der Waals surface area contributed by atoms with Crippen LogP contribution in [0.2, 0.25) is 0 Å². The van der Waals surface area contributed by atoms with Crippen molar-refractivity contribution in [2.24, 2.45) is 29.4 Å². The molecule has 4 aliphatic rings. The van der Waals surface area contributed by atoms with Crippen LogP contribution in [0.1, 0.15) is 45.8 Å². The number of carbonyl (C=O) groups excluding carboxylic acids is 7. The molecule has 4 aliphatic carbocycles. The van der Waals surface area contributed by atoms with Crippen LogP contribution in [0, 0.1) is 23.7 Å². The number of phenolic OH excluding ortho intramolecular Hbond substituents is 1. The molecule has 0 radical (unpaired) electrons. The maximum atomic E-state index is 14.2. The third-order valence-corrected chi connectivity index (χ3v) is 11.3. The average Bonchev–Trinajstić information content (AvgIpc) is 3.43. The molecule has 7 N–H and O–H groups in total. The van der Waals surface area contributed by atoms with Gasteiger partial charge in [0.2, 0.25) is 5.91 Å². The van der Waals surface area contributed by atoms with Gasteiger partial charge in [0.05, 0.1) is 35.2 Å². The van der Waals surface area contributed by atoms with Crippen LogP contribution in [-0.2, 0) is 23.9 Å². The molecule has 0 bridgehead atoms. The zero-order valence-corrected chi connectivity index (χ0v) is 28.7. The van der Waals surface area contributed by atoms with Crippen molar-refractivity contribution < 1.29 is 53.6 Å². The third kappa shape index (κ3) is 5.17. The number of alkyl carbamates (subject to hydrolysis) is 1. The average molecular weight is 725 g/mol. The first-order chi connectivity index (χ1) is 25.1. The lowest BCUT2D eigenvalue weighted by Crippen LogP contribution is -2.77. The second-order valence-corrected chi connectivity index (χ2v) is 14.2. The van der Waals surface area contributed by atoms with Crippen molar-refractivity contribution >= 4 is 46.9 Å². The molecule has 0 aliphatic heterocycles. The zero-order valence-electron chi connectivity index (χ0n) is 28.7. The first kappa shape index (κ1) is 35.6. The highest BCUT2D eigenvalue weighted by atomic mass is 16.5. The molecule has 53 heavy (non-hydrogen) atoms. The minimum atomic E-state index is -3.15. The van der Waals surface area contributed by atoms with E-state index in [-0.39, 0.29) is 23.8 Å². The molecule has 2 unspecified atom stereocenters. The Hall–Kier alpha value is -5.77. The summed E-state index contributed by atoms with van der Waals surface area (Å²) in [6.07, 6.45) is -2.87. The Labute approximate surface area is 302 Å². The second-order valence-electron chi connectivity index (χ2n) is 14.2. The number of urea groups is 1. The van der Waals surface area contributed by atoms with Gasteiger partial charge in [-0.15, -0.1) is 0 Å². The smallest absolute Gasteiger partial charge is 0.415 e. The highest BCUT2D eigenvalue weighted by Gasteiger charge is 2.73. The highest BCUT2D eigenvalue weighted by molar-refractivity contribution is 6.32. The molecule has 2 fully saturated rings. The summed E-state index contributed by atoms with van der Waals surface area (Å²) in [5.74, 6) is -15.4. The summed E-state index contributed by atoms with van der Waals surface area (Å²) in [5, 5.41) is 39.2. The Morgan fingerprint density at radius 2 is 1.51 bits per heavy atom. The van der Waals surface area contributed by atoms with Crippen molar-refractivity contribution in [3.05, 3.63) is 82.9 Å². The molecule has 15 nitrogen and oxygen atoms in total. The standard InChI is InChI=1S/C38H36N4O11/c1-15-16-12-13-22(40-36(50)41-37(51)53-14-21-19-10-6-4-8-17(19)18-9-5-7-11-20(18)21)29(43)24(16)30(44)25-23(15)31(45)27-28(42(2)3)32(46)26(35(39)49)34(48)38(27,52)33(25)47/h4-13,15,21,23,25-28,31,43,45,52H,14H2,1-3H3,(H2,39,49)(H2,40,41,50,51)/t15-,23+,25?,26?,27+,28-,31-,38-/m0/s1. The van der Waals surface area contributed by atoms with Crippen LogP contribution in [0.5, 0.6) is 5.75 Å². The Morgan fingerprint density at radius 3 is 2.09 bits per heavy atom. The number of rotatable bonds is 5. The van der Waals surface area contributed by atoms with Crippen molar-refractivity contribution in [3.8, 4) is 16.9 Å². The molecule has 0 heterocycles. The highest BCUT2D eigenvalue weighted by Crippen LogP contribution is 2.55. The molecule has 4 amide bonds. The molecule has 274 valence electrons. The van der Waals surface area contributed by atoms with Gasteiger partial charge in [0.1, 0.15) is 12.4 Å². The van der Waals surface area contributed by atoms with Gasteiger partial charge in [-0.3, -0.25) is 28.9 Å². The van der Waals surface area contributed by atoms with Gasteiger partial charge in [-0.05, 0) is 53.9 Å². The molecular weight excluding hydrogens is 688 g/mol. The monoisotopic (exact) mass is 724 g/mol. The maximum Gasteiger partial charge on any atom is 0.415 e. The lowest BCUT2D eigenvalue weighted by atomic mass is 9.49. The number of ether oxygens (including phenoxy) is 1. The molecule has 0 spiro atoms. The minimum Gasteiger partial charge on any atom is -0.505 e. The van der Waals surface area contributed by atoms with Gasteiger partial charge in [-0.1, -0.05) is 61.5 Å². The lowest BCUT2D eigenvalue weighted by Gasteiger charge is -2.56. The summed E-state index contributed by atoms with van der Waals surface area (Å²) >= 11 is 0. The summed E-state index contributed by atoms with van der Waals surface area (Å²) in [6, 6.07) is 15.4. The van der Waals surface area contributed by atoms with E-state index in [2.05, 4.69) is 5.32 Å². The zero-order chi connectivity index (χ0) is 38.3. The number of hydrogen-bond acceptors (Lipinski definition) is 12. The number of hydrogen-bond donors (Lipinski definition) is 6. The molecule has 8 atom stereocenters. The fourth-order valence-corrected chi connectivity index (χ4v) is 8.97. The van der Waals surface area contributed by atoms with Crippen LogP contribution in [0.25, 0.3) is 11.1 Å². The number of Topliss-reactive ketones (excluding diaryl/α,β-unsaturated/α-hetero) is 4. The molecular formula is C38H36N4O11. The number of primary amides is 1. The Balaban J connectivity index is 1.12. The molecule has 3 aromatic rings. The summed E-state index contributed by atoms with van der Waals surface area (Å²) in [4.78, 5) is 94.3. The van der Waals surface area contributed by atoms with Crippen molar-refractivity contribution in [1.29, 1.82) is 0 Å². The SMILES string of the molecule is C[C@H]1c2ccc(NC(=O)NC(=O)OCC3c4ccccc4-c4ccccc43)c(O)c2C(=O)C2C(=O)[C@]3(O)C(=O)C(C(N)=O)C(=O)[C@@H](N(C)C)[C@@H]3[C@@H](O)[C@@H]21. The fourth-order valence-electron chi connectivity index (χ4n) is 8.97. The number of likely N-dealkylation sites (N-methyl/N-ethyl adjacent to an activating group) is 1. The Bertz CT molecular complexity index is 2100. The Morgan fingerprint density at radius 1 is 0.906 bits per heavy atom. The van der Waals surface area contributed by atoms with E-state index >= 15 is 0 Å². The number of ketones is 4. The molecule has 15 heteroatoms. The molecule has 7 rings (SSSR count). The molecule has 3 aromatic carbocycles. The van der Waals surface area contributed by atoms with Gasteiger partial charge in [0.15, 0.2) is 34.7 Å². The number of aromatic hydroxyl groups is 1. The molecule has 2 saturated carbocycles. The van der Waals surface area contributed by atoms with E-state index in [9.17, 15) is 48.9 Å². The van der Waals surface area contributed by atoms with E-state index in [4.69, 9.17) is 10.5 Å². The second kappa shape index (κ2) is 12.7. The number of amides is 4. The molecule has 0 saturated heterocycles. The largest absolute Gasteiger partial charge is 0.505 e. The van der Waals surface area contributed by atoms with Gasteiger partial charge in [-0.2, -0.15) is 0 Å². The number of aliphatic hydroxyl groups is 2. The van der Waals surface area contributed by atoms with E-state index in [0.29, 0.717) is 0 Å². The lowest BCUT2D eigenvalue weighted by molar-refractivity contribution is -0.196. The minimum absolute atomic E-state index is 0.0780. The van der Waals surface area contributed by atoms with Gasteiger partial charge >= 0.3 is 12.1 Å². The van der Waals surface area contributed by atoms with Crippen molar-refractivity contribution in [2.75, 3.05) is 26.0 Å². The van der Waals surface area contributed by atoms with E-state index in [1.807, 2.05) is 53.8 Å². The van der Waals surface area contributed by atoms with Crippen LogP contribution in [0.3, 0.4) is 0 Å². The summed E-state index contributed by atoms with van der Waals surface area (Å²) in [5.41, 5.74) is 5.58. The number of nitrogens with one attached hydrogen (secondary N) is 2. The number of fused-ring (bicyclic) bond motifs is 6. The van der Waals surface area contributed by atoms with E-state index in [1.54, 1.807) is 6.92 Å². The van der Waals surface area contributed by atoms with E-state index < -0.39 is 99.8 Å². The first-order valence-electron chi connectivity index (χ1n) is 16.9. The van der Waals surface area contributed by atoms with Crippen LogP contribution in [0.4, 0.5) is 15.3 Å². The fraction of sp³-hybridized carbons (Fsp3) is 0.342.